The fourth-order valence-corrected chi connectivity index (χ4v) is 0.187. The standard InChI is InChI=1S/C5H7NO2/c1-2-3-4-6-5(7)8/h2-4,6H,1H2,(H,7,8). The number of amides is 1. The van der Waals surface area contributed by atoms with Crippen LogP contribution in [0.3, 0.4) is 0 Å². The molecule has 0 aliphatic carbocycles. The summed E-state index contributed by atoms with van der Waals surface area (Å²) < 4.78 is 0. The summed E-state index contributed by atoms with van der Waals surface area (Å²) >= 11 is 0. The lowest BCUT2D eigenvalue weighted by Gasteiger charge is -1.84. The monoisotopic (exact) mass is 113 g/mol. The molecule has 0 aromatic heterocycles. The minimum Gasteiger partial charge on any atom is -0.465 e. The van der Waals surface area contributed by atoms with E-state index >= 15 is 0 Å². The van der Waals surface area contributed by atoms with Crippen molar-refractivity contribution >= 4 is 6.09 Å². The second-order valence-electron chi connectivity index (χ2n) is 1.04. The summed E-state index contributed by atoms with van der Waals surface area (Å²) in [6.07, 6.45) is 3.20. The Morgan fingerprint density at radius 1 is 1.75 bits per heavy atom. The Hall–Kier alpha value is -1.25. The van der Waals surface area contributed by atoms with Gasteiger partial charge in [0.15, 0.2) is 0 Å². The number of allylic oxidation sites excluding steroid dienone is 2. The maximum atomic E-state index is 9.68. The highest BCUT2D eigenvalue weighted by atomic mass is 16.4. The molecule has 0 spiro atoms. The van der Waals surface area contributed by atoms with E-state index in [0.29, 0.717) is 0 Å². The van der Waals surface area contributed by atoms with Gasteiger partial charge in [0.05, 0.1) is 0 Å². The molecule has 44 valence electrons. The van der Waals surface area contributed by atoms with Crippen molar-refractivity contribution in [3.63, 3.8) is 0 Å². The van der Waals surface area contributed by atoms with Crippen molar-refractivity contribution in [2.45, 2.75) is 0 Å². The molecule has 0 rings (SSSR count). The van der Waals surface area contributed by atoms with Crippen LogP contribution in [0.15, 0.2) is 24.9 Å². The van der Waals surface area contributed by atoms with Gasteiger partial charge in [-0.25, -0.2) is 4.79 Å². The third-order valence-electron chi connectivity index (χ3n) is 0.439. The van der Waals surface area contributed by atoms with Gasteiger partial charge in [-0.1, -0.05) is 12.7 Å². The molecule has 3 nitrogen and oxygen atoms in total. The minimum absolute atomic E-state index is 1.07. The van der Waals surface area contributed by atoms with Gasteiger partial charge in [-0.3, -0.25) is 5.32 Å². The van der Waals surface area contributed by atoms with Crippen molar-refractivity contribution in [2.24, 2.45) is 0 Å². The van der Waals surface area contributed by atoms with E-state index in [-0.39, 0.29) is 0 Å². The van der Waals surface area contributed by atoms with E-state index in [1.807, 2.05) is 5.32 Å². The van der Waals surface area contributed by atoms with Gasteiger partial charge in [0.25, 0.3) is 0 Å². The lowest BCUT2D eigenvalue weighted by molar-refractivity contribution is 0.198. The van der Waals surface area contributed by atoms with Crippen molar-refractivity contribution in [3.8, 4) is 0 Å². The van der Waals surface area contributed by atoms with Gasteiger partial charge in [-0.15, -0.1) is 0 Å². The molecule has 0 aliphatic heterocycles. The normalized spacial score (nSPS) is 9.00. The van der Waals surface area contributed by atoms with Crippen LogP contribution in [0.25, 0.3) is 0 Å². The Morgan fingerprint density at radius 3 is 2.75 bits per heavy atom. The van der Waals surface area contributed by atoms with Crippen molar-refractivity contribution < 1.29 is 9.90 Å². The number of carboxylic acid groups (broad SMARTS) is 1. The molecule has 0 fully saturated rings. The van der Waals surface area contributed by atoms with Crippen LogP contribution in [0.2, 0.25) is 0 Å². The number of hydrogen-bond acceptors (Lipinski definition) is 1. The summed E-state index contributed by atoms with van der Waals surface area (Å²) in [5.74, 6) is 0. The molecular weight excluding hydrogens is 106 g/mol. The zero-order valence-electron chi connectivity index (χ0n) is 4.29. The number of hydrogen-bond donors (Lipinski definition) is 2. The molecule has 0 aromatic rings. The molecule has 0 saturated carbocycles. The summed E-state index contributed by atoms with van der Waals surface area (Å²) in [6.45, 7) is 3.34. The summed E-state index contributed by atoms with van der Waals surface area (Å²) in [4.78, 5) is 9.68. The molecular formula is C5H7NO2. The van der Waals surface area contributed by atoms with Crippen LogP contribution in [0.4, 0.5) is 4.79 Å². The molecule has 2 N–H and O–H groups in total. The molecule has 3 heteroatoms. The molecule has 0 aliphatic rings. The van der Waals surface area contributed by atoms with Crippen molar-refractivity contribution in [2.75, 3.05) is 0 Å². The quantitative estimate of drug-likeness (QED) is 0.524. The van der Waals surface area contributed by atoms with Crippen LogP contribution in [0, 0.1) is 0 Å². The first-order valence-electron chi connectivity index (χ1n) is 2.04. The average Bonchev–Trinajstić information content (AvgIpc) is 1.66. The van der Waals surface area contributed by atoms with E-state index < -0.39 is 6.09 Å². The molecule has 1 amide bonds. The first kappa shape index (κ1) is 6.75. The summed E-state index contributed by atoms with van der Waals surface area (Å²) in [7, 11) is 0. The molecule has 0 saturated heterocycles. The van der Waals surface area contributed by atoms with Gasteiger partial charge >= 0.3 is 6.09 Å². The van der Waals surface area contributed by atoms with Crippen LogP contribution in [0.1, 0.15) is 0 Å². The first-order valence-corrected chi connectivity index (χ1v) is 2.04. The molecule has 0 aromatic carbocycles. The third-order valence-corrected chi connectivity index (χ3v) is 0.439. The van der Waals surface area contributed by atoms with Gasteiger partial charge < -0.3 is 5.11 Å². The second-order valence-corrected chi connectivity index (χ2v) is 1.04. The summed E-state index contributed by atoms with van der Waals surface area (Å²) in [5.41, 5.74) is 0. The van der Waals surface area contributed by atoms with E-state index in [1.54, 1.807) is 0 Å². The molecule has 0 atom stereocenters. The predicted molar refractivity (Wildman–Crippen MR) is 30.5 cm³/mol. The number of carbonyl (C=O) groups is 1. The first-order chi connectivity index (χ1) is 3.77. The number of rotatable bonds is 2. The van der Waals surface area contributed by atoms with E-state index in [4.69, 9.17) is 5.11 Å². The molecule has 0 radical (unpaired) electrons. The second kappa shape index (κ2) is 3.92. The summed E-state index contributed by atoms with van der Waals surface area (Å²) in [6, 6.07) is 0. The van der Waals surface area contributed by atoms with Gasteiger partial charge in [-0.05, 0) is 6.08 Å². The molecule has 0 unspecified atom stereocenters. The van der Waals surface area contributed by atoms with Crippen molar-refractivity contribution in [1.29, 1.82) is 0 Å². The maximum absolute atomic E-state index is 9.68. The lowest BCUT2D eigenvalue weighted by Crippen LogP contribution is -2.12. The van der Waals surface area contributed by atoms with Crippen molar-refractivity contribution in [1.82, 2.24) is 5.32 Å². The SMILES string of the molecule is C=CC=CNC(=O)O. The fraction of sp³-hybridized carbons (Fsp3) is 0. The van der Waals surface area contributed by atoms with E-state index in [9.17, 15) is 4.79 Å². The van der Waals surface area contributed by atoms with E-state index in [0.717, 1.165) is 0 Å². The Morgan fingerprint density at radius 2 is 2.38 bits per heavy atom. The van der Waals surface area contributed by atoms with Gasteiger partial charge in [0, 0.05) is 6.20 Å². The van der Waals surface area contributed by atoms with E-state index in [1.165, 1.54) is 18.4 Å². The smallest absolute Gasteiger partial charge is 0.408 e. The molecule has 0 heterocycles. The highest BCUT2D eigenvalue weighted by Gasteiger charge is 1.81. The summed E-state index contributed by atoms with van der Waals surface area (Å²) in [5, 5.41) is 9.95. The topological polar surface area (TPSA) is 49.3 Å². The fourth-order valence-electron chi connectivity index (χ4n) is 0.187. The molecule has 8 heavy (non-hydrogen) atoms. The average molecular weight is 113 g/mol. The van der Waals surface area contributed by atoms with E-state index in [2.05, 4.69) is 6.58 Å². The van der Waals surface area contributed by atoms with Crippen LogP contribution in [-0.4, -0.2) is 11.2 Å². The Labute approximate surface area is 47.3 Å². The largest absolute Gasteiger partial charge is 0.465 e. The predicted octanol–water partition coefficient (Wildman–Crippen LogP) is 0.954. The minimum atomic E-state index is -1.07. The van der Waals surface area contributed by atoms with Gasteiger partial charge in [-0.2, -0.15) is 0 Å². The zero-order chi connectivity index (χ0) is 6.41. The van der Waals surface area contributed by atoms with Crippen LogP contribution < -0.4 is 5.32 Å². The zero-order valence-corrected chi connectivity index (χ0v) is 4.29. The third kappa shape index (κ3) is 4.75. The van der Waals surface area contributed by atoms with Crippen molar-refractivity contribution in [3.05, 3.63) is 24.9 Å². The number of nitrogens with one attached hydrogen (secondary N) is 1. The van der Waals surface area contributed by atoms with Gasteiger partial charge in [0.2, 0.25) is 0 Å². The van der Waals surface area contributed by atoms with Crippen LogP contribution in [0.5, 0.6) is 0 Å². The Balaban J connectivity index is 3.29. The Bertz CT molecular complexity index is 118. The maximum Gasteiger partial charge on any atom is 0.408 e. The van der Waals surface area contributed by atoms with Crippen LogP contribution >= 0.6 is 0 Å². The molecule has 0 bridgehead atoms. The highest BCUT2D eigenvalue weighted by Crippen LogP contribution is 1.66. The lowest BCUT2D eigenvalue weighted by atomic mass is 10.6. The Kier molecular flexibility index (Phi) is 3.31. The van der Waals surface area contributed by atoms with Crippen LogP contribution in [-0.2, 0) is 0 Å². The highest BCUT2D eigenvalue weighted by molar-refractivity contribution is 5.65. The van der Waals surface area contributed by atoms with Gasteiger partial charge in [0.1, 0.15) is 0 Å².